The van der Waals surface area contributed by atoms with Crippen LogP contribution in [0.1, 0.15) is 11.1 Å². The van der Waals surface area contributed by atoms with Crippen LogP contribution in [0.2, 0.25) is 0 Å². The summed E-state index contributed by atoms with van der Waals surface area (Å²) in [7, 11) is 1.98. The van der Waals surface area contributed by atoms with Gasteiger partial charge >= 0.3 is 0 Å². The molecular formula is C16H15N3. The van der Waals surface area contributed by atoms with E-state index >= 15 is 0 Å². The summed E-state index contributed by atoms with van der Waals surface area (Å²) in [4.78, 5) is 6.56. The predicted octanol–water partition coefficient (Wildman–Crippen LogP) is 2.73. The molecule has 1 aliphatic rings. The van der Waals surface area contributed by atoms with Gasteiger partial charge in [0.05, 0.1) is 5.71 Å². The molecule has 2 aromatic carbocycles. The van der Waals surface area contributed by atoms with Crippen LogP contribution in [0.5, 0.6) is 0 Å². The van der Waals surface area contributed by atoms with Gasteiger partial charge in [0, 0.05) is 30.1 Å². The van der Waals surface area contributed by atoms with Gasteiger partial charge in [-0.25, -0.2) is 4.99 Å². The van der Waals surface area contributed by atoms with Crippen molar-refractivity contribution in [2.75, 3.05) is 11.9 Å². The van der Waals surface area contributed by atoms with Crippen molar-refractivity contribution in [3.8, 4) is 0 Å². The van der Waals surface area contributed by atoms with E-state index in [1.807, 2.05) is 60.6 Å². The van der Waals surface area contributed by atoms with E-state index in [4.69, 9.17) is 5.73 Å². The molecule has 0 amide bonds. The Morgan fingerprint density at radius 3 is 2.42 bits per heavy atom. The maximum atomic E-state index is 5.96. The summed E-state index contributed by atoms with van der Waals surface area (Å²) >= 11 is 0. The number of aliphatic imine (C=N–C) groups is 1. The molecule has 94 valence electrons. The molecule has 3 rings (SSSR count). The van der Waals surface area contributed by atoms with Crippen LogP contribution in [0.15, 0.2) is 71.6 Å². The Morgan fingerprint density at radius 2 is 1.63 bits per heavy atom. The Morgan fingerprint density at radius 1 is 0.947 bits per heavy atom. The number of benzene rings is 2. The van der Waals surface area contributed by atoms with Crippen molar-refractivity contribution in [3.05, 3.63) is 77.7 Å². The molecule has 2 N–H and O–H groups in total. The average Bonchev–Trinajstić information content (AvgIpc) is 2.57. The van der Waals surface area contributed by atoms with Gasteiger partial charge < -0.3 is 10.6 Å². The van der Waals surface area contributed by atoms with E-state index in [1.54, 1.807) is 0 Å². The normalized spacial score (nSPS) is 14.3. The molecule has 0 atom stereocenters. The molecule has 0 saturated carbocycles. The van der Waals surface area contributed by atoms with Crippen LogP contribution in [-0.4, -0.2) is 12.8 Å². The van der Waals surface area contributed by atoms with Gasteiger partial charge in [0.2, 0.25) is 0 Å². The second-order valence-corrected chi connectivity index (χ2v) is 4.51. The molecule has 0 spiro atoms. The highest BCUT2D eigenvalue weighted by molar-refractivity contribution is 6.16. The van der Waals surface area contributed by atoms with E-state index in [1.165, 1.54) is 0 Å². The van der Waals surface area contributed by atoms with E-state index in [2.05, 4.69) is 17.1 Å². The monoisotopic (exact) mass is 249 g/mol. The third-order valence-electron chi connectivity index (χ3n) is 3.15. The van der Waals surface area contributed by atoms with Crippen LogP contribution in [-0.2, 0) is 0 Å². The molecular weight excluding hydrogens is 234 g/mol. The first-order valence-corrected chi connectivity index (χ1v) is 6.19. The fourth-order valence-corrected chi connectivity index (χ4v) is 2.28. The van der Waals surface area contributed by atoms with Crippen molar-refractivity contribution in [3.63, 3.8) is 0 Å². The number of hydrogen-bond donors (Lipinski definition) is 1. The maximum absolute atomic E-state index is 5.96. The lowest BCUT2D eigenvalue weighted by Crippen LogP contribution is -2.12. The molecule has 0 unspecified atom stereocenters. The molecule has 0 aromatic heterocycles. The highest BCUT2D eigenvalue weighted by Gasteiger charge is 2.16. The van der Waals surface area contributed by atoms with Gasteiger partial charge in [-0.2, -0.15) is 0 Å². The van der Waals surface area contributed by atoms with Crippen LogP contribution >= 0.6 is 0 Å². The van der Waals surface area contributed by atoms with E-state index in [9.17, 15) is 0 Å². The van der Waals surface area contributed by atoms with Crippen LogP contribution in [0, 0.1) is 0 Å². The molecule has 3 nitrogen and oxygen atoms in total. The zero-order chi connectivity index (χ0) is 13.2. The van der Waals surface area contributed by atoms with Crippen molar-refractivity contribution in [2.45, 2.75) is 0 Å². The minimum Gasteiger partial charge on any atom is -0.382 e. The topological polar surface area (TPSA) is 41.6 Å². The van der Waals surface area contributed by atoms with Crippen LogP contribution in [0.25, 0.3) is 0 Å². The van der Waals surface area contributed by atoms with E-state index < -0.39 is 0 Å². The van der Waals surface area contributed by atoms with E-state index in [-0.39, 0.29) is 0 Å². The van der Waals surface area contributed by atoms with Gasteiger partial charge in [-0.15, -0.1) is 0 Å². The number of fused-ring (bicyclic) bond motifs is 1. The number of para-hydroxylation sites is 1. The Balaban J connectivity index is 2.24. The van der Waals surface area contributed by atoms with Gasteiger partial charge in [0.25, 0.3) is 0 Å². The zero-order valence-corrected chi connectivity index (χ0v) is 10.7. The molecule has 0 bridgehead atoms. The first kappa shape index (κ1) is 11.5. The number of hydrogen-bond acceptors (Lipinski definition) is 3. The molecule has 0 saturated heterocycles. The quantitative estimate of drug-likeness (QED) is 0.844. The summed E-state index contributed by atoms with van der Waals surface area (Å²) in [5.41, 5.74) is 10.1. The second-order valence-electron chi connectivity index (χ2n) is 4.51. The number of nitrogens with zero attached hydrogens (tertiary/aromatic N) is 2. The highest BCUT2D eigenvalue weighted by Crippen LogP contribution is 2.26. The Bertz CT molecular complexity index is 657. The van der Waals surface area contributed by atoms with Gasteiger partial charge in [-0.3, -0.25) is 0 Å². The standard InChI is InChI=1S/C16H15N3/c1-19-11-15(17)18-16(12-7-3-2-4-8-12)13-9-5-6-10-14(13)19/h2-11H,17H2,1H3. The molecule has 0 radical (unpaired) electrons. The molecule has 0 aliphatic carbocycles. The van der Waals surface area contributed by atoms with Crippen molar-refractivity contribution in [2.24, 2.45) is 10.7 Å². The minimum atomic E-state index is 0.512. The van der Waals surface area contributed by atoms with Crippen LogP contribution in [0.4, 0.5) is 5.69 Å². The largest absolute Gasteiger partial charge is 0.382 e. The Hall–Kier alpha value is -2.55. The second kappa shape index (κ2) is 4.61. The molecule has 1 aliphatic heterocycles. The predicted molar refractivity (Wildman–Crippen MR) is 79.2 cm³/mol. The average molecular weight is 249 g/mol. The van der Waals surface area contributed by atoms with Crippen molar-refractivity contribution in [1.82, 2.24) is 0 Å². The summed E-state index contributed by atoms with van der Waals surface area (Å²) in [6.45, 7) is 0. The summed E-state index contributed by atoms with van der Waals surface area (Å²) in [5, 5.41) is 0. The molecule has 2 aromatic rings. The molecule has 3 heteroatoms. The highest BCUT2D eigenvalue weighted by atomic mass is 15.1. The lowest BCUT2D eigenvalue weighted by molar-refractivity contribution is 1.14. The number of rotatable bonds is 1. The van der Waals surface area contributed by atoms with Crippen molar-refractivity contribution < 1.29 is 0 Å². The third kappa shape index (κ3) is 2.10. The SMILES string of the molecule is CN1C=C(N)N=C(c2ccccc2)c2ccccc21. The van der Waals surface area contributed by atoms with Crippen molar-refractivity contribution in [1.29, 1.82) is 0 Å². The molecule has 1 heterocycles. The number of nitrogens with two attached hydrogens (primary N) is 1. The van der Waals surface area contributed by atoms with Gasteiger partial charge in [-0.1, -0.05) is 48.5 Å². The minimum absolute atomic E-state index is 0.512. The fourth-order valence-electron chi connectivity index (χ4n) is 2.28. The smallest absolute Gasteiger partial charge is 0.140 e. The summed E-state index contributed by atoms with van der Waals surface area (Å²) in [6.07, 6.45) is 1.84. The van der Waals surface area contributed by atoms with Crippen LogP contribution < -0.4 is 10.6 Å². The Kier molecular flexibility index (Phi) is 2.80. The Labute approximate surface area is 112 Å². The first-order chi connectivity index (χ1) is 9.25. The lowest BCUT2D eigenvalue weighted by Gasteiger charge is -2.16. The lowest BCUT2D eigenvalue weighted by atomic mass is 10.0. The first-order valence-electron chi connectivity index (χ1n) is 6.19. The van der Waals surface area contributed by atoms with Gasteiger partial charge in [-0.05, 0) is 6.07 Å². The third-order valence-corrected chi connectivity index (χ3v) is 3.15. The summed E-state index contributed by atoms with van der Waals surface area (Å²) in [5.74, 6) is 0.512. The number of anilines is 1. The molecule has 19 heavy (non-hydrogen) atoms. The zero-order valence-electron chi connectivity index (χ0n) is 10.7. The van der Waals surface area contributed by atoms with E-state index in [0.29, 0.717) is 5.82 Å². The van der Waals surface area contributed by atoms with Crippen molar-refractivity contribution >= 4 is 11.4 Å². The molecule has 0 fully saturated rings. The summed E-state index contributed by atoms with van der Waals surface area (Å²) < 4.78 is 0. The fraction of sp³-hybridized carbons (Fsp3) is 0.0625. The summed E-state index contributed by atoms with van der Waals surface area (Å²) in [6, 6.07) is 18.3. The van der Waals surface area contributed by atoms with Crippen LogP contribution in [0.3, 0.4) is 0 Å². The van der Waals surface area contributed by atoms with E-state index in [0.717, 1.165) is 22.5 Å². The van der Waals surface area contributed by atoms with Gasteiger partial charge in [0.15, 0.2) is 0 Å². The van der Waals surface area contributed by atoms with Gasteiger partial charge in [0.1, 0.15) is 5.82 Å². The maximum Gasteiger partial charge on any atom is 0.140 e.